The summed E-state index contributed by atoms with van der Waals surface area (Å²) in [6.07, 6.45) is -1.17. The van der Waals surface area contributed by atoms with Crippen molar-refractivity contribution < 1.29 is 19.5 Å². The number of hydrogen-bond donors (Lipinski definition) is 1. The van der Waals surface area contributed by atoms with E-state index in [9.17, 15) is 15.2 Å². The van der Waals surface area contributed by atoms with Gasteiger partial charge in [0.05, 0.1) is 30.8 Å². The molecule has 6 heteroatoms. The highest BCUT2D eigenvalue weighted by Gasteiger charge is 2.25. The summed E-state index contributed by atoms with van der Waals surface area (Å²) in [5.41, 5.74) is 2.51. The van der Waals surface area contributed by atoms with Crippen molar-refractivity contribution in [3.63, 3.8) is 0 Å². The Balaban J connectivity index is 2.00. The van der Waals surface area contributed by atoms with E-state index in [1.54, 1.807) is 12.1 Å². The number of hydrogen-bond acceptors (Lipinski definition) is 5. The van der Waals surface area contributed by atoms with Gasteiger partial charge in [-0.05, 0) is 22.8 Å². The van der Waals surface area contributed by atoms with Crippen molar-refractivity contribution >= 4 is 5.69 Å². The zero-order valence-corrected chi connectivity index (χ0v) is 15.0. The molecule has 1 N–H and O–H groups in total. The third-order valence-electron chi connectivity index (χ3n) is 4.36. The van der Waals surface area contributed by atoms with Crippen molar-refractivity contribution in [1.82, 2.24) is 0 Å². The van der Waals surface area contributed by atoms with Crippen molar-refractivity contribution in [2.75, 3.05) is 14.2 Å². The average molecular weight is 365 g/mol. The van der Waals surface area contributed by atoms with Crippen LogP contribution < -0.4 is 9.47 Å². The Hall–Kier alpha value is -3.38. The van der Waals surface area contributed by atoms with Gasteiger partial charge < -0.3 is 14.6 Å². The topological polar surface area (TPSA) is 81.8 Å². The minimum Gasteiger partial charge on any atom is -0.493 e. The molecule has 3 rings (SSSR count). The molecule has 0 bridgehead atoms. The molecule has 0 aliphatic heterocycles. The third kappa shape index (κ3) is 3.75. The van der Waals surface area contributed by atoms with E-state index >= 15 is 0 Å². The number of nitro benzene ring substituents is 1. The number of nitro groups is 1. The molecule has 3 aromatic carbocycles. The van der Waals surface area contributed by atoms with Gasteiger partial charge in [0.15, 0.2) is 11.5 Å². The van der Waals surface area contributed by atoms with Crippen LogP contribution in [0.3, 0.4) is 0 Å². The highest BCUT2D eigenvalue weighted by Crippen LogP contribution is 2.39. The predicted molar refractivity (Wildman–Crippen MR) is 102 cm³/mol. The molecule has 0 radical (unpaired) electrons. The third-order valence-corrected chi connectivity index (χ3v) is 4.36. The van der Waals surface area contributed by atoms with Crippen molar-refractivity contribution in [2.45, 2.75) is 6.10 Å². The summed E-state index contributed by atoms with van der Waals surface area (Å²) in [7, 11) is 2.84. The Labute approximate surface area is 156 Å². The smallest absolute Gasteiger partial charge is 0.279 e. The predicted octanol–water partition coefficient (Wildman–Crippen LogP) is 4.36. The van der Waals surface area contributed by atoms with Gasteiger partial charge in [-0.15, -0.1) is 0 Å². The van der Waals surface area contributed by atoms with Crippen molar-refractivity contribution in [3.8, 4) is 22.6 Å². The molecule has 138 valence electrons. The quantitative estimate of drug-likeness (QED) is 0.518. The molecular formula is C21H19NO5. The Morgan fingerprint density at radius 1 is 0.889 bits per heavy atom. The van der Waals surface area contributed by atoms with Crippen molar-refractivity contribution in [1.29, 1.82) is 0 Å². The summed E-state index contributed by atoms with van der Waals surface area (Å²) in [5, 5.41) is 22.2. The van der Waals surface area contributed by atoms with Crippen LogP contribution in [0.2, 0.25) is 0 Å². The number of aliphatic hydroxyl groups excluding tert-OH is 1. The summed E-state index contributed by atoms with van der Waals surface area (Å²) in [5.74, 6) is 0.553. The second-order valence-corrected chi connectivity index (χ2v) is 5.91. The highest BCUT2D eigenvalue weighted by atomic mass is 16.6. The number of benzene rings is 3. The highest BCUT2D eigenvalue weighted by molar-refractivity contribution is 5.64. The normalized spacial score (nSPS) is 11.7. The van der Waals surface area contributed by atoms with Gasteiger partial charge in [-0.3, -0.25) is 10.1 Å². The number of methoxy groups -OCH3 is 2. The fourth-order valence-electron chi connectivity index (χ4n) is 2.93. The molecule has 0 aromatic heterocycles. The molecule has 0 aliphatic rings. The Kier molecular flexibility index (Phi) is 5.38. The minimum absolute atomic E-state index is 0.144. The molecule has 0 heterocycles. The maximum atomic E-state index is 11.5. The fourth-order valence-corrected chi connectivity index (χ4v) is 2.93. The van der Waals surface area contributed by atoms with Crippen LogP contribution in [0.1, 0.15) is 17.2 Å². The number of aliphatic hydroxyl groups is 1. The van der Waals surface area contributed by atoms with E-state index in [-0.39, 0.29) is 17.0 Å². The first-order chi connectivity index (χ1) is 13.0. The SMILES string of the molecule is COc1cc(C(O)c2ccc(-c3ccccc3)cc2)c([N+](=O)[O-])cc1OC. The lowest BCUT2D eigenvalue weighted by Gasteiger charge is -2.15. The largest absolute Gasteiger partial charge is 0.493 e. The second-order valence-electron chi connectivity index (χ2n) is 5.91. The van der Waals surface area contributed by atoms with Crippen LogP contribution in [0.25, 0.3) is 11.1 Å². The van der Waals surface area contributed by atoms with Gasteiger partial charge in [-0.2, -0.15) is 0 Å². The lowest BCUT2D eigenvalue weighted by Crippen LogP contribution is -2.05. The van der Waals surface area contributed by atoms with Crippen LogP contribution in [0.5, 0.6) is 11.5 Å². The molecule has 6 nitrogen and oxygen atoms in total. The van der Waals surface area contributed by atoms with Crippen LogP contribution in [0, 0.1) is 10.1 Å². The number of nitrogens with zero attached hydrogens (tertiary/aromatic N) is 1. The van der Waals surface area contributed by atoms with Crippen LogP contribution in [0.4, 0.5) is 5.69 Å². The fraction of sp³-hybridized carbons (Fsp3) is 0.143. The van der Waals surface area contributed by atoms with E-state index in [4.69, 9.17) is 9.47 Å². The summed E-state index contributed by atoms with van der Waals surface area (Å²) < 4.78 is 10.3. The lowest BCUT2D eigenvalue weighted by atomic mass is 9.97. The van der Waals surface area contributed by atoms with Gasteiger partial charge in [-0.25, -0.2) is 0 Å². The Morgan fingerprint density at radius 3 is 2.00 bits per heavy atom. The summed E-state index contributed by atoms with van der Waals surface area (Å²) >= 11 is 0. The lowest BCUT2D eigenvalue weighted by molar-refractivity contribution is -0.386. The van der Waals surface area contributed by atoms with Crippen LogP contribution >= 0.6 is 0 Å². The van der Waals surface area contributed by atoms with E-state index in [0.29, 0.717) is 11.3 Å². The van der Waals surface area contributed by atoms with E-state index in [1.165, 1.54) is 26.4 Å². The minimum atomic E-state index is -1.17. The molecule has 27 heavy (non-hydrogen) atoms. The van der Waals surface area contributed by atoms with Gasteiger partial charge in [0, 0.05) is 0 Å². The first-order valence-corrected chi connectivity index (χ1v) is 8.29. The van der Waals surface area contributed by atoms with E-state index in [1.807, 2.05) is 42.5 Å². The first-order valence-electron chi connectivity index (χ1n) is 8.29. The van der Waals surface area contributed by atoms with Gasteiger partial charge in [0.25, 0.3) is 5.69 Å². The van der Waals surface area contributed by atoms with E-state index in [0.717, 1.165) is 11.1 Å². The van der Waals surface area contributed by atoms with Gasteiger partial charge in [0.1, 0.15) is 6.10 Å². The van der Waals surface area contributed by atoms with Crippen molar-refractivity contribution in [3.05, 3.63) is 88.0 Å². The Morgan fingerprint density at radius 2 is 1.44 bits per heavy atom. The summed E-state index contributed by atoms with van der Waals surface area (Å²) in [6, 6.07) is 19.8. The van der Waals surface area contributed by atoms with E-state index < -0.39 is 11.0 Å². The molecule has 1 atom stereocenters. The zero-order valence-electron chi connectivity index (χ0n) is 15.0. The number of rotatable bonds is 6. The standard InChI is InChI=1S/C21H19NO5/c1-26-19-12-17(18(22(24)25)13-20(19)27-2)21(23)16-10-8-15(9-11-16)14-6-4-3-5-7-14/h3-13,21,23H,1-2H3. The molecule has 0 fully saturated rings. The molecule has 0 saturated heterocycles. The van der Waals surface area contributed by atoms with Crippen LogP contribution in [-0.4, -0.2) is 24.2 Å². The summed E-state index contributed by atoms with van der Waals surface area (Å²) in [6.45, 7) is 0. The molecule has 1 unspecified atom stereocenters. The monoisotopic (exact) mass is 365 g/mol. The Bertz CT molecular complexity index is 939. The van der Waals surface area contributed by atoms with Gasteiger partial charge in [-0.1, -0.05) is 54.6 Å². The maximum Gasteiger partial charge on any atom is 0.279 e. The molecule has 0 amide bonds. The zero-order chi connectivity index (χ0) is 19.4. The average Bonchev–Trinajstić information content (AvgIpc) is 2.72. The molecule has 0 aliphatic carbocycles. The maximum absolute atomic E-state index is 11.5. The molecule has 0 saturated carbocycles. The van der Waals surface area contributed by atoms with Crippen LogP contribution in [-0.2, 0) is 0 Å². The van der Waals surface area contributed by atoms with Crippen LogP contribution in [0.15, 0.2) is 66.7 Å². The van der Waals surface area contributed by atoms with Gasteiger partial charge >= 0.3 is 0 Å². The molecule has 0 spiro atoms. The molecular weight excluding hydrogens is 346 g/mol. The first kappa shape index (κ1) is 18.4. The van der Waals surface area contributed by atoms with E-state index in [2.05, 4.69) is 0 Å². The van der Waals surface area contributed by atoms with Crippen molar-refractivity contribution in [2.24, 2.45) is 0 Å². The number of ether oxygens (including phenoxy) is 2. The molecule has 3 aromatic rings. The van der Waals surface area contributed by atoms with Gasteiger partial charge in [0.2, 0.25) is 0 Å². The summed E-state index contributed by atoms with van der Waals surface area (Å²) in [4.78, 5) is 10.9. The second kappa shape index (κ2) is 7.88.